The highest BCUT2D eigenvalue weighted by molar-refractivity contribution is 9.10. The molecule has 2 saturated heterocycles. The molecule has 17 heteroatoms. The Labute approximate surface area is 341 Å². The SMILES string of the molecule is COc1cc(C2C3=CCC4C(=O)N(c5ccc(Br)cc5)C(=O)C4C3CC3C(=O)N(Nc4ncc(C(F)(F)F)cc4Cl)C(=O)C32c2ccc(Cl)cc2)cc(OC)c1O. The van der Waals surface area contributed by atoms with E-state index in [0.29, 0.717) is 44.7 Å². The van der Waals surface area contributed by atoms with Crippen molar-refractivity contribution in [3.05, 3.63) is 116 Å². The van der Waals surface area contributed by atoms with Crippen LogP contribution in [0.5, 0.6) is 17.2 Å². The third-order valence-corrected chi connectivity index (χ3v) is 12.5. The number of methoxy groups -OCH3 is 2. The van der Waals surface area contributed by atoms with E-state index in [9.17, 15) is 32.7 Å². The molecule has 0 bridgehead atoms. The average Bonchev–Trinajstić information content (AvgIpc) is 3.56. The second-order valence-electron chi connectivity index (χ2n) is 14.2. The number of hydrogen-bond acceptors (Lipinski definition) is 9. The Bertz CT molecular complexity index is 2370. The second kappa shape index (κ2) is 14.1. The number of allylic oxidation sites excluding steroid dienone is 2. The molecule has 4 aromatic rings. The lowest BCUT2D eigenvalue weighted by Gasteiger charge is -2.50. The number of benzene rings is 3. The summed E-state index contributed by atoms with van der Waals surface area (Å²) in [7, 11) is 2.67. The van der Waals surface area contributed by atoms with Crippen LogP contribution in [-0.4, -0.2) is 52.9 Å². The molecule has 2 aliphatic carbocycles. The van der Waals surface area contributed by atoms with Crippen molar-refractivity contribution in [1.82, 2.24) is 9.99 Å². The number of nitrogens with one attached hydrogen (secondary N) is 1. The maximum absolute atomic E-state index is 15.4. The Morgan fingerprint density at radius 3 is 2.16 bits per heavy atom. The molecule has 3 fully saturated rings. The summed E-state index contributed by atoms with van der Waals surface area (Å²) in [5.74, 6) is -7.96. The fourth-order valence-corrected chi connectivity index (χ4v) is 9.68. The maximum atomic E-state index is 15.4. The number of aromatic nitrogens is 1. The zero-order chi connectivity index (χ0) is 40.7. The molecule has 11 nitrogen and oxygen atoms in total. The first-order valence-electron chi connectivity index (χ1n) is 17.5. The molecule has 1 aromatic heterocycles. The summed E-state index contributed by atoms with van der Waals surface area (Å²) in [4.78, 5) is 64.0. The van der Waals surface area contributed by atoms with Crippen molar-refractivity contribution in [3.8, 4) is 17.2 Å². The molecule has 4 amide bonds. The van der Waals surface area contributed by atoms with E-state index in [4.69, 9.17) is 32.7 Å². The van der Waals surface area contributed by atoms with Gasteiger partial charge in [0.2, 0.25) is 17.6 Å². The molecule has 3 aromatic carbocycles. The monoisotopic (exact) mass is 884 g/mol. The van der Waals surface area contributed by atoms with Gasteiger partial charge < -0.3 is 14.6 Å². The highest BCUT2D eigenvalue weighted by atomic mass is 79.9. The van der Waals surface area contributed by atoms with Crippen LogP contribution in [0.4, 0.5) is 24.7 Å². The molecule has 8 rings (SSSR count). The molecule has 294 valence electrons. The number of imide groups is 2. The van der Waals surface area contributed by atoms with Gasteiger partial charge >= 0.3 is 6.18 Å². The summed E-state index contributed by atoms with van der Waals surface area (Å²) in [6.07, 6.45) is -2.35. The normalized spacial score (nSPS) is 25.5. The maximum Gasteiger partial charge on any atom is 0.417 e. The lowest BCUT2D eigenvalue weighted by Crippen LogP contribution is -2.53. The zero-order valence-corrected chi connectivity index (χ0v) is 32.9. The lowest BCUT2D eigenvalue weighted by molar-refractivity contribution is -0.139. The molecule has 6 atom stereocenters. The molecule has 3 heterocycles. The summed E-state index contributed by atoms with van der Waals surface area (Å²) >= 11 is 16.0. The van der Waals surface area contributed by atoms with Crippen LogP contribution in [-0.2, 0) is 30.8 Å². The van der Waals surface area contributed by atoms with Gasteiger partial charge in [-0.3, -0.25) is 29.5 Å². The van der Waals surface area contributed by atoms with Crippen molar-refractivity contribution in [3.63, 3.8) is 0 Å². The number of halogens is 6. The van der Waals surface area contributed by atoms with Crippen LogP contribution in [0.1, 0.15) is 35.4 Å². The third-order valence-electron chi connectivity index (χ3n) is 11.5. The summed E-state index contributed by atoms with van der Waals surface area (Å²) in [6.45, 7) is 0. The number of phenols is 1. The van der Waals surface area contributed by atoms with E-state index in [-0.39, 0.29) is 35.9 Å². The highest BCUT2D eigenvalue weighted by Crippen LogP contribution is 2.65. The smallest absolute Gasteiger partial charge is 0.417 e. The molecule has 4 aliphatic rings. The van der Waals surface area contributed by atoms with Crippen LogP contribution in [0, 0.1) is 23.7 Å². The molecule has 0 radical (unpaired) electrons. The standard InChI is InChI=1S/C40H30BrCl2F3N4O7/c1-56-29-13-18(14-30(57-2)33(29)51)32-24-11-12-25-31(37(54)49(35(25)52)23-9-5-21(41)6-10-23)26(24)16-27-36(53)50(38(55)39(27,32)19-3-7-22(42)8-4-19)48-34-28(43)15-20(17-47-34)40(44,45)46/h3-11,13-15,17,25-27,31-32,51H,12,16H2,1-2H3,(H,47,48). The van der Waals surface area contributed by atoms with Crippen LogP contribution in [0.15, 0.2) is 89.0 Å². The summed E-state index contributed by atoms with van der Waals surface area (Å²) in [5.41, 5.74) is 1.34. The summed E-state index contributed by atoms with van der Waals surface area (Å²) in [6, 6.07) is 16.7. The van der Waals surface area contributed by atoms with Crippen LogP contribution < -0.4 is 19.8 Å². The van der Waals surface area contributed by atoms with Crippen molar-refractivity contribution in [2.75, 3.05) is 24.5 Å². The number of anilines is 2. The first kappa shape index (κ1) is 38.7. The van der Waals surface area contributed by atoms with Crippen molar-refractivity contribution in [2.24, 2.45) is 23.7 Å². The molecular weight excluding hydrogens is 856 g/mol. The number of aromatic hydroxyl groups is 1. The minimum absolute atomic E-state index is 0.00964. The van der Waals surface area contributed by atoms with Crippen LogP contribution in [0.3, 0.4) is 0 Å². The van der Waals surface area contributed by atoms with E-state index in [2.05, 4.69) is 26.3 Å². The number of ether oxygens (including phenoxy) is 2. The number of alkyl halides is 3. The first-order chi connectivity index (χ1) is 27.1. The molecule has 2 N–H and O–H groups in total. The van der Waals surface area contributed by atoms with Crippen molar-refractivity contribution >= 4 is 74.3 Å². The fraction of sp³-hybridized carbons (Fsp3) is 0.275. The van der Waals surface area contributed by atoms with Gasteiger partial charge in [-0.25, -0.2) is 4.98 Å². The van der Waals surface area contributed by atoms with E-state index in [1.165, 1.54) is 26.4 Å². The van der Waals surface area contributed by atoms with E-state index >= 15 is 4.79 Å². The molecule has 57 heavy (non-hydrogen) atoms. The zero-order valence-electron chi connectivity index (χ0n) is 29.8. The number of hydrogen-bond donors (Lipinski definition) is 2. The first-order valence-corrected chi connectivity index (χ1v) is 19.1. The van der Waals surface area contributed by atoms with Crippen molar-refractivity contribution < 1.29 is 46.9 Å². The predicted molar refractivity (Wildman–Crippen MR) is 205 cm³/mol. The average molecular weight is 887 g/mol. The highest BCUT2D eigenvalue weighted by Gasteiger charge is 2.70. The van der Waals surface area contributed by atoms with Gasteiger partial charge in [0.05, 0.1) is 53.7 Å². The predicted octanol–water partition coefficient (Wildman–Crippen LogP) is 8.08. The topological polar surface area (TPSA) is 138 Å². The number of phenolic OH excluding ortho intramolecular Hbond substituents is 1. The van der Waals surface area contributed by atoms with E-state index in [1.807, 2.05) is 6.08 Å². The van der Waals surface area contributed by atoms with Gasteiger partial charge in [-0.05, 0) is 84.5 Å². The quantitative estimate of drug-likeness (QED) is 0.139. The number of nitrogens with zero attached hydrogens (tertiary/aromatic N) is 3. The molecule has 6 unspecified atom stereocenters. The van der Waals surface area contributed by atoms with Gasteiger partial charge in [-0.15, -0.1) is 0 Å². The van der Waals surface area contributed by atoms with Crippen LogP contribution >= 0.6 is 39.1 Å². The van der Waals surface area contributed by atoms with E-state index < -0.39 is 75.4 Å². The molecular formula is C40H30BrCl2F3N4O7. The number of pyridine rings is 1. The largest absolute Gasteiger partial charge is 0.502 e. The van der Waals surface area contributed by atoms with E-state index in [1.54, 1.807) is 48.5 Å². The van der Waals surface area contributed by atoms with Crippen LogP contribution in [0.2, 0.25) is 10.0 Å². The van der Waals surface area contributed by atoms with Crippen LogP contribution in [0.25, 0.3) is 0 Å². The van der Waals surface area contributed by atoms with Gasteiger partial charge in [0.1, 0.15) is 0 Å². The van der Waals surface area contributed by atoms with Gasteiger partial charge in [0.15, 0.2) is 17.3 Å². The summed E-state index contributed by atoms with van der Waals surface area (Å²) in [5, 5.41) is 11.5. The lowest BCUT2D eigenvalue weighted by atomic mass is 9.49. The number of carbonyl (C=O) groups is 4. The fourth-order valence-electron chi connectivity index (χ4n) is 9.08. The molecule has 2 aliphatic heterocycles. The van der Waals surface area contributed by atoms with Gasteiger partial charge in [0.25, 0.3) is 11.8 Å². The number of fused-ring (bicyclic) bond motifs is 4. The second-order valence-corrected chi connectivity index (χ2v) is 15.9. The summed E-state index contributed by atoms with van der Waals surface area (Å²) < 4.78 is 52.4. The van der Waals surface area contributed by atoms with Gasteiger partial charge in [0, 0.05) is 21.6 Å². The Kier molecular flexibility index (Phi) is 9.56. The number of hydrazine groups is 1. The molecule has 0 spiro atoms. The minimum Gasteiger partial charge on any atom is -0.502 e. The number of amides is 4. The van der Waals surface area contributed by atoms with Gasteiger partial charge in [-0.1, -0.05) is 62.9 Å². The minimum atomic E-state index is -4.77. The Hall–Kier alpha value is -5.12. The molecule has 1 saturated carbocycles. The Balaban J connectivity index is 1.34. The Morgan fingerprint density at radius 2 is 1.56 bits per heavy atom. The van der Waals surface area contributed by atoms with E-state index in [0.717, 1.165) is 9.37 Å². The third kappa shape index (κ3) is 5.95. The van der Waals surface area contributed by atoms with Crippen molar-refractivity contribution in [1.29, 1.82) is 0 Å². The van der Waals surface area contributed by atoms with Gasteiger partial charge in [-0.2, -0.15) is 18.2 Å². The number of carbonyl (C=O) groups excluding carboxylic acids is 4. The van der Waals surface area contributed by atoms with Crippen molar-refractivity contribution in [2.45, 2.75) is 30.4 Å². The number of rotatable bonds is 7. The Morgan fingerprint density at radius 1 is 0.912 bits per heavy atom.